The third-order valence-electron chi connectivity index (χ3n) is 5.07. The zero-order valence-electron chi connectivity index (χ0n) is 19.2. The number of fused-ring (bicyclic) bond motifs is 1. The Labute approximate surface area is 192 Å². The summed E-state index contributed by atoms with van der Waals surface area (Å²) < 4.78 is 10.6. The van der Waals surface area contributed by atoms with Crippen molar-refractivity contribution in [2.24, 2.45) is 0 Å². The van der Waals surface area contributed by atoms with Gasteiger partial charge in [0.15, 0.2) is 11.5 Å². The first-order valence-electron chi connectivity index (χ1n) is 10.3. The molecule has 1 aliphatic heterocycles. The summed E-state index contributed by atoms with van der Waals surface area (Å²) >= 11 is 0. The lowest BCUT2D eigenvalue weighted by molar-refractivity contribution is -0.177. The van der Waals surface area contributed by atoms with Crippen LogP contribution in [-0.2, 0) is 21.0 Å². The van der Waals surface area contributed by atoms with Crippen LogP contribution in [0.25, 0.3) is 0 Å². The maximum Gasteiger partial charge on any atom is 0.285 e. The molecule has 1 heterocycles. The molecule has 1 unspecified atom stereocenters. The highest BCUT2D eigenvalue weighted by Crippen LogP contribution is 2.38. The lowest BCUT2D eigenvalue weighted by atomic mass is 9.87. The van der Waals surface area contributed by atoms with Gasteiger partial charge in [0.05, 0.1) is 25.3 Å². The number of hydrogen-bond acceptors (Lipinski definition) is 6. The van der Waals surface area contributed by atoms with E-state index in [9.17, 15) is 14.4 Å². The SMILES string of the molecule is CC#CC(C)(C)NC(=O)C1C(=O)N(OCc2ccccc2)C(=O)c2cc(OC)c(OC)cc21. The second-order valence-corrected chi connectivity index (χ2v) is 7.91. The summed E-state index contributed by atoms with van der Waals surface area (Å²) in [5.41, 5.74) is 0.191. The minimum atomic E-state index is -1.34. The number of benzene rings is 2. The molecule has 0 fully saturated rings. The first-order chi connectivity index (χ1) is 15.7. The quantitative estimate of drug-likeness (QED) is 0.396. The Balaban J connectivity index is 2.05. The van der Waals surface area contributed by atoms with Crippen molar-refractivity contribution in [1.82, 2.24) is 10.4 Å². The van der Waals surface area contributed by atoms with Crippen molar-refractivity contribution in [3.8, 4) is 23.3 Å². The minimum Gasteiger partial charge on any atom is -0.493 e. The summed E-state index contributed by atoms with van der Waals surface area (Å²) in [7, 11) is 2.86. The molecule has 8 nitrogen and oxygen atoms in total. The van der Waals surface area contributed by atoms with Gasteiger partial charge in [-0.3, -0.25) is 19.2 Å². The molecule has 3 amide bonds. The van der Waals surface area contributed by atoms with E-state index in [2.05, 4.69) is 17.2 Å². The molecular formula is C25H26N2O6. The summed E-state index contributed by atoms with van der Waals surface area (Å²) in [6, 6.07) is 12.0. The Bertz CT molecular complexity index is 1130. The maximum absolute atomic E-state index is 13.4. The third kappa shape index (κ3) is 4.99. The third-order valence-corrected chi connectivity index (χ3v) is 5.07. The summed E-state index contributed by atoms with van der Waals surface area (Å²) in [6.45, 7) is 5.07. The molecule has 8 heteroatoms. The van der Waals surface area contributed by atoms with Crippen LogP contribution in [0.3, 0.4) is 0 Å². The second-order valence-electron chi connectivity index (χ2n) is 7.91. The van der Waals surface area contributed by atoms with Crippen molar-refractivity contribution in [2.45, 2.75) is 38.8 Å². The van der Waals surface area contributed by atoms with Crippen molar-refractivity contribution >= 4 is 17.7 Å². The fraction of sp³-hybridized carbons (Fsp3) is 0.320. The molecule has 0 radical (unpaired) electrons. The summed E-state index contributed by atoms with van der Waals surface area (Å²) in [6.07, 6.45) is 0. The molecule has 0 spiro atoms. The highest BCUT2D eigenvalue weighted by molar-refractivity contribution is 6.18. The van der Waals surface area contributed by atoms with Crippen molar-refractivity contribution in [3.05, 3.63) is 59.2 Å². The summed E-state index contributed by atoms with van der Waals surface area (Å²) in [5.74, 6) is 2.79. The molecule has 2 aromatic rings. The Morgan fingerprint density at radius 2 is 1.73 bits per heavy atom. The minimum absolute atomic E-state index is 0.0257. The Hall–Kier alpha value is -3.83. The standard InChI is InChI=1S/C25H26N2O6/c1-6-12-25(2,3)26-22(28)21-17-13-19(31-4)20(32-5)14-18(17)23(29)27(24(21)30)33-15-16-10-8-7-9-11-16/h7-11,13-14,21H,15H2,1-5H3,(H,26,28). The summed E-state index contributed by atoms with van der Waals surface area (Å²) in [4.78, 5) is 45.4. The molecule has 0 aliphatic carbocycles. The lowest BCUT2D eigenvalue weighted by Gasteiger charge is -2.32. The van der Waals surface area contributed by atoms with Crippen molar-refractivity contribution in [3.63, 3.8) is 0 Å². The lowest BCUT2D eigenvalue weighted by Crippen LogP contribution is -2.52. The molecule has 1 atom stereocenters. The number of rotatable bonds is 7. The predicted molar refractivity (Wildman–Crippen MR) is 120 cm³/mol. The monoisotopic (exact) mass is 450 g/mol. The number of ether oxygens (including phenoxy) is 2. The maximum atomic E-state index is 13.4. The van der Waals surface area contributed by atoms with Gasteiger partial charge in [-0.05, 0) is 44.0 Å². The predicted octanol–water partition coefficient (Wildman–Crippen LogP) is 2.82. The van der Waals surface area contributed by atoms with Gasteiger partial charge in [0.25, 0.3) is 11.8 Å². The molecule has 0 bridgehead atoms. The van der Waals surface area contributed by atoms with Crippen LogP contribution >= 0.6 is 0 Å². The van der Waals surface area contributed by atoms with Gasteiger partial charge in [-0.25, -0.2) is 0 Å². The van der Waals surface area contributed by atoms with Gasteiger partial charge in [-0.2, -0.15) is 0 Å². The first-order valence-corrected chi connectivity index (χ1v) is 10.3. The average Bonchev–Trinajstić information content (AvgIpc) is 2.78. The van der Waals surface area contributed by atoms with E-state index < -0.39 is 29.2 Å². The van der Waals surface area contributed by atoms with Crippen molar-refractivity contribution < 1.29 is 28.7 Å². The van der Waals surface area contributed by atoms with E-state index >= 15 is 0 Å². The van der Waals surface area contributed by atoms with E-state index in [1.54, 1.807) is 32.9 Å². The van der Waals surface area contributed by atoms with Gasteiger partial charge in [-0.15, -0.1) is 11.0 Å². The highest BCUT2D eigenvalue weighted by atomic mass is 16.7. The Morgan fingerprint density at radius 3 is 2.33 bits per heavy atom. The van der Waals surface area contributed by atoms with E-state index in [1.165, 1.54) is 26.4 Å². The van der Waals surface area contributed by atoms with Gasteiger partial charge in [0.1, 0.15) is 12.5 Å². The van der Waals surface area contributed by atoms with E-state index in [0.717, 1.165) is 5.56 Å². The van der Waals surface area contributed by atoms with Gasteiger partial charge in [-0.1, -0.05) is 36.3 Å². The molecule has 0 saturated carbocycles. The number of carbonyl (C=O) groups is 3. The average molecular weight is 450 g/mol. The Kier molecular flexibility index (Phi) is 7.04. The second kappa shape index (κ2) is 9.76. The normalized spacial score (nSPS) is 15.3. The number of carbonyl (C=O) groups excluding carboxylic acids is 3. The number of amides is 3. The fourth-order valence-electron chi connectivity index (χ4n) is 3.59. The molecule has 1 N–H and O–H groups in total. The van der Waals surface area contributed by atoms with Crippen LogP contribution in [-0.4, -0.2) is 42.5 Å². The molecule has 0 aromatic heterocycles. The van der Waals surface area contributed by atoms with E-state index in [0.29, 0.717) is 16.6 Å². The zero-order valence-corrected chi connectivity index (χ0v) is 19.2. The molecular weight excluding hydrogens is 424 g/mol. The molecule has 172 valence electrons. The zero-order chi connectivity index (χ0) is 24.2. The number of nitrogens with zero attached hydrogens (tertiary/aromatic N) is 1. The molecule has 3 rings (SSSR count). The topological polar surface area (TPSA) is 94.2 Å². The number of hydrogen-bond donors (Lipinski definition) is 1. The van der Waals surface area contributed by atoms with E-state index in [1.807, 2.05) is 18.2 Å². The molecule has 0 saturated heterocycles. The molecule has 1 aliphatic rings. The smallest absolute Gasteiger partial charge is 0.285 e. The number of hydroxylamine groups is 2. The van der Waals surface area contributed by atoms with Crippen LogP contribution in [0, 0.1) is 11.8 Å². The van der Waals surface area contributed by atoms with Gasteiger partial charge in [0.2, 0.25) is 5.91 Å². The van der Waals surface area contributed by atoms with Crippen molar-refractivity contribution in [2.75, 3.05) is 14.2 Å². The van der Waals surface area contributed by atoms with Crippen LogP contribution in [0.5, 0.6) is 11.5 Å². The highest BCUT2D eigenvalue weighted by Gasteiger charge is 2.45. The Morgan fingerprint density at radius 1 is 1.09 bits per heavy atom. The number of nitrogens with one attached hydrogen (secondary N) is 1. The molecule has 2 aromatic carbocycles. The van der Waals surface area contributed by atoms with Gasteiger partial charge < -0.3 is 14.8 Å². The molecule has 33 heavy (non-hydrogen) atoms. The fourth-order valence-corrected chi connectivity index (χ4v) is 3.59. The van der Waals surface area contributed by atoms with Crippen LogP contribution in [0.4, 0.5) is 0 Å². The number of methoxy groups -OCH3 is 2. The van der Waals surface area contributed by atoms with Crippen molar-refractivity contribution in [1.29, 1.82) is 0 Å². The van der Waals surface area contributed by atoms with Gasteiger partial charge in [0, 0.05) is 0 Å². The van der Waals surface area contributed by atoms with Crippen LogP contribution in [0.1, 0.15) is 48.2 Å². The van der Waals surface area contributed by atoms with E-state index in [4.69, 9.17) is 14.3 Å². The number of imide groups is 1. The van der Waals surface area contributed by atoms with Crippen LogP contribution < -0.4 is 14.8 Å². The first kappa shape index (κ1) is 23.8. The van der Waals surface area contributed by atoms with Crippen LogP contribution in [0.15, 0.2) is 42.5 Å². The van der Waals surface area contributed by atoms with E-state index in [-0.39, 0.29) is 17.7 Å². The largest absolute Gasteiger partial charge is 0.493 e. The van der Waals surface area contributed by atoms with Crippen LogP contribution in [0.2, 0.25) is 0 Å². The summed E-state index contributed by atoms with van der Waals surface area (Å²) in [5, 5.41) is 3.42. The van der Waals surface area contributed by atoms with Gasteiger partial charge >= 0.3 is 0 Å².